The van der Waals surface area contributed by atoms with Crippen molar-refractivity contribution in [2.24, 2.45) is 0 Å². The lowest BCUT2D eigenvalue weighted by molar-refractivity contribution is 0.102. The highest BCUT2D eigenvalue weighted by molar-refractivity contribution is 7.08. The molecule has 0 saturated heterocycles. The fraction of sp³-hybridized carbons (Fsp3) is 0.0833. The van der Waals surface area contributed by atoms with E-state index in [4.69, 9.17) is 0 Å². The van der Waals surface area contributed by atoms with Gasteiger partial charge in [-0.15, -0.1) is 0 Å². The predicted molar refractivity (Wildman–Crippen MR) is 70.9 cm³/mol. The molecule has 0 atom stereocenters. The van der Waals surface area contributed by atoms with E-state index in [1.807, 2.05) is 16.8 Å². The van der Waals surface area contributed by atoms with Gasteiger partial charge >= 0.3 is 0 Å². The van der Waals surface area contributed by atoms with Crippen molar-refractivity contribution in [3.63, 3.8) is 0 Å². The first-order valence-corrected chi connectivity index (χ1v) is 6.33. The zero-order valence-electron chi connectivity index (χ0n) is 9.60. The Bertz CT molecular complexity index is 702. The molecule has 2 N–H and O–H groups in total. The lowest BCUT2D eigenvalue weighted by Gasteiger charge is -2.04. The van der Waals surface area contributed by atoms with Crippen molar-refractivity contribution in [3.05, 3.63) is 40.6 Å². The molecule has 0 aromatic carbocycles. The first kappa shape index (κ1) is 10.9. The minimum Gasteiger partial charge on any atom is -0.346 e. The number of aromatic nitrogens is 3. The summed E-state index contributed by atoms with van der Waals surface area (Å²) in [4.78, 5) is 23.6. The topological polar surface area (TPSA) is 70.7 Å². The Balaban J connectivity index is 2.03. The van der Waals surface area contributed by atoms with Crippen LogP contribution < -0.4 is 5.32 Å². The van der Waals surface area contributed by atoms with Crippen LogP contribution in [0.25, 0.3) is 11.0 Å². The summed E-state index contributed by atoms with van der Waals surface area (Å²) < 4.78 is 0. The van der Waals surface area contributed by atoms with Gasteiger partial charge in [0.2, 0.25) is 0 Å². The molecule has 0 aliphatic heterocycles. The summed E-state index contributed by atoms with van der Waals surface area (Å²) >= 11 is 1.53. The summed E-state index contributed by atoms with van der Waals surface area (Å²) in [5.41, 5.74) is 1.85. The number of nitrogens with zero attached hydrogens (tertiary/aromatic N) is 2. The maximum Gasteiger partial charge on any atom is 0.275 e. The number of hydrogen-bond donors (Lipinski definition) is 2. The number of carbonyl (C=O) groups is 1. The Morgan fingerprint density at radius 1 is 1.39 bits per heavy atom. The van der Waals surface area contributed by atoms with Gasteiger partial charge in [0, 0.05) is 11.6 Å². The van der Waals surface area contributed by atoms with E-state index >= 15 is 0 Å². The normalized spacial score (nSPS) is 10.7. The second-order valence-corrected chi connectivity index (χ2v) is 4.61. The SMILES string of the molecule is Cc1nc(C(=O)Nc2ccsc2)c2cc[nH]c2n1. The van der Waals surface area contributed by atoms with Crippen LogP contribution in [0.5, 0.6) is 0 Å². The highest BCUT2D eigenvalue weighted by Crippen LogP contribution is 2.17. The summed E-state index contributed by atoms with van der Waals surface area (Å²) in [5, 5.41) is 7.33. The number of aryl methyl sites for hydroxylation is 1. The molecular weight excluding hydrogens is 248 g/mol. The molecule has 0 radical (unpaired) electrons. The van der Waals surface area contributed by atoms with Gasteiger partial charge in [-0.05, 0) is 24.4 Å². The van der Waals surface area contributed by atoms with Gasteiger partial charge < -0.3 is 10.3 Å². The number of fused-ring (bicyclic) bond motifs is 1. The smallest absolute Gasteiger partial charge is 0.275 e. The number of hydrogen-bond acceptors (Lipinski definition) is 4. The van der Waals surface area contributed by atoms with Crippen molar-refractivity contribution in [1.29, 1.82) is 0 Å². The fourth-order valence-electron chi connectivity index (χ4n) is 1.75. The molecule has 0 saturated carbocycles. The molecule has 0 unspecified atom stereocenters. The number of carbonyl (C=O) groups excluding carboxylic acids is 1. The van der Waals surface area contributed by atoms with E-state index in [9.17, 15) is 4.79 Å². The number of thiophene rings is 1. The van der Waals surface area contributed by atoms with Crippen LogP contribution in [0.15, 0.2) is 29.1 Å². The molecule has 5 nitrogen and oxygen atoms in total. The third-order valence-corrected chi connectivity index (χ3v) is 3.20. The lowest BCUT2D eigenvalue weighted by atomic mass is 10.2. The Morgan fingerprint density at radius 3 is 3.06 bits per heavy atom. The third-order valence-electron chi connectivity index (χ3n) is 2.52. The first-order valence-electron chi connectivity index (χ1n) is 5.39. The van der Waals surface area contributed by atoms with Gasteiger partial charge in [-0.3, -0.25) is 4.79 Å². The molecule has 3 rings (SSSR count). The summed E-state index contributed by atoms with van der Waals surface area (Å²) in [6.45, 7) is 1.77. The van der Waals surface area contributed by atoms with Crippen LogP contribution in [-0.2, 0) is 0 Å². The van der Waals surface area contributed by atoms with E-state index in [1.165, 1.54) is 11.3 Å². The Labute approximate surface area is 107 Å². The molecule has 18 heavy (non-hydrogen) atoms. The molecule has 3 aromatic heterocycles. The molecule has 3 heterocycles. The molecule has 0 spiro atoms. The van der Waals surface area contributed by atoms with Gasteiger partial charge in [0.05, 0.1) is 11.1 Å². The van der Waals surface area contributed by atoms with Gasteiger partial charge in [0.1, 0.15) is 17.2 Å². The molecule has 0 bridgehead atoms. The lowest BCUT2D eigenvalue weighted by Crippen LogP contribution is -2.14. The molecule has 0 fully saturated rings. The van der Waals surface area contributed by atoms with Crippen LogP contribution in [0.3, 0.4) is 0 Å². The average molecular weight is 258 g/mol. The predicted octanol–water partition coefficient (Wildman–Crippen LogP) is 2.58. The Morgan fingerprint density at radius 2 is 2.28 bits per heavy atom. The number of nitrogens with one attached hydrogen (secondary N) is 2. The second-order valence-electron chi connectivity index (χ2n) is 3.83. The zero-order chi connectivity index (χ0) is 12.5. The van der Waals surface area contributed by atoms with Crippen LogP contribution in [-0.4, -0.2) is 20.9 Å². The summed E-state index contributed by atoms with van der Waals surface area (Å²) in [7, 11) is 0. The maximum atomic E-state index is 12.2. The monoisotopic (exact) mass is 258 g/mol. The highest BCUT2D eigenvalue weighted by atomic mass is 32.1. The molecule has 0 aliphatic carbocycles. The molecule has 6 heteroatoms. The molecule has 90 valence electrons. The summed E-state index contributed by atoms with van der Waals surface area (Å²) in [6.07, 6.45) is 1.75. The number of aromatic amines is 1. The number of amides is 1. The molecular formula is C12H10N4OS. The Hall–Kier alpha value is -2.21. The van der Waals surface area contributed by atoms with Crippen LogP contribution in [0.1, 0.15) is 16.3 Å². The first-order chi connectivity index (χ1) is 8.74. The fourth-order valence-corrected chi connectivity index (χ4v) is 2.34. The number of anilines is 1. The minimum atomic E-state index is -0.219. The van der Waals surface area contributed by atoms with Crippen molar-refractivity contribution >= 4 is 34.0 Å². The minimum absolute atomic E-state index is 0.219. The Kier molecular flexibility index (Phi) is 2.56. The van der Waals surface area contributed by atoms with Crippen molar-refractivity contribution in [2.75, 3.05) is 5.32 Å². The van der Waals surface area contributed by atoms with E-state index in [0.717, 1.165) is 11.1 Å². The van der Waals surface area contributed by atoms with Crippen LogP contribution in [0.4, 0.5) is 5.69 Å². The molecule has 0 aliphatic rings. The van der Waals surface area contributed by atoms with Gasteiger partial charge in [-0.25, -0.2) is 9.97 Å². The van der Waals surface area contributed by atoms with Gasteiger partial charge in [-0.1, -0.05) is 0 Å². The number of rotatable bonds is 2. The van der Waals surface area contributed by atoms with Crippen LogP contribution in [0, 0.1) is 6.92 Å². The van der Waals surface area contributed by atoms with Crippen LogP contribution >= 0.6 is 11.3 Å². The quantitative estimate of drug-likeness (QED) is 0.742. The van der Waals surface area contributed by atoms with Crippen molar-refractivity contribution in [2.45, 2.75) is 6.92 Å². The molecule has 1 amide bonds. The number of H-pyrrole nitrogens is 1. The highest BCUT2D eigenvalue weighted by Gasteiger charge is 2.14. The van der Waals surface area contributed by atoms with E-state index in [0.29, 0.717) is 17.2 Å². The second kappa shape index (κ2) is 4.23. The third kappa shape index (κ3) is 1.86. The average Bonchev–Trinajstić information content (AvgIpc) is 2.97. The van der Waals surface area contributed by atoms with E-state index in [1.54, 1.807) is 19.2 Å². The van der Waals surface area contributed by atoms with Crippen molar-refractivity contribution in [3.8, 4) is 0 Å². The van der Waals surface area contributed by atoms with Crippen LogP contribution in [0.2, 0.25) is 0 Å². The van der Waals surface area contributed by atoms with E-state index in [-0.39, 0.29) is 5.91 Å². The maximum absolute atomic E-state index is 12.2. The van der Waals surface area contributed by atoms with Crippen molar-refractivity contribution < 1.29 is 4.79 Å². The molecule has 3 aromatic rings. The van der Waals surface area contributed by atoms with Gasteiger partial charge in [-0.2, -0.15) is 11.3 Å². The van der Waals surface area contributed by atoms with Crippen molar-refractivity contribution in [1.82, 2.24) is 15.0 Å². The van der Waals surface area contributed by atoms with E-state index in [2.05, 4.69) is 20.3 Å². The largest absolute Gasteiger partial charge is 0.346 e. The summed E-state index contributed by atoms with van der Waals surface area (Å²) in [5.74, 6) is 0.351. The standard InChI is InChI=1S/C12H10N4OS/c1-7-14-10(9-2-4-13-11(9)15-7)12(17)16-8-3-5-18-6-8/h2-6H,1H3,(H,16,17)(H,13,14,15). The van der Waals surface area contributed by atoms with Gasteiger partial charge in [0.25, 0.3) is 5.91 Å². The van der Waals surface area contributed by atoms with E-state index < -0.39 is 0 Å². The van der Waals surface area contributed by atoms with Gasteiger partial charge in [0.15, 0.2) is 0 Å². The zero-order valence-corrected chi connectivity index (χ0v) is 10.4. The summed E-state index contributed by atoms with van der Waals surface area (Å²) in [6, 6.07) is 3.65.